The van der Waals surface area contributed by atoms with E-state index in [9.17, 15) is 9.59 Å². The molecule has 3 aromatic rings. The number of methoxy groups -OCH3 is 3. The smallest absolute Gasteiger partial charge is 0.289 e. The third-order valence-corrected chi connectivity index (χ3v) is 5.10. The maximum Gasteiger partial charge on any atom is 0.289 e. The maximum absolute atomic E-state index is 12.3. The van der Waals surface area contributed by atoms with E-state index in [1.807, 2.05) is 6.07 Å². The van der Waals surface area contributed by atoms with Gasteiger partial charge in [0.15, 0.2) is 11.5 Å². The van der Waals surface area contributed by atoms with Crippen LogP contribution in [0, 0.1) is 0 Å². The molecule has 3 rings (SSSR count). The Morgan fingerprint density at radius 1 is 0.933 bits per heavy atom. The van der Waals surface area contributed by atoms with Crippen LogP contribution < -0.4 is 25.1 Å². The van der Waals surface area contributed by atoms with Gasteiger partial charge >= 0.3 is 0 Å². The lowest BCUT2D eigenvalue weighted by atomic mass is 10.1. The van der Waals surface area contributed by atoms with Gasteiger partial charge in [-0.3, -0.25) is 20.4 Å². The minimum atomic E-state index is -0.499. The Bertz CT molecular complexity index is 1030. The molecule has 0 saturated carbocycles. The zero-order valence-electron chi connectivity index (χ0n) is 16.7. The number of hydrazine groups is 1. The van der Waals surface area contributed by atoms with E-state index < -0.39 is 5.91 Å². The predicted molar refractivity (Wildman–Crippen MR) is 113 cm³/mol. The van der Waals surface area contributed by atoms with E-state index in [0.29, 0.717) is 22.3 Å². The monoisotopic (exact) mass is 427 g/mol. The van der Waals surface area contributed by atoms with Gasteiger partial charge < -0.3 is 14.2 Å². The molecule has 0 unspecified atom stereocenters. The predicted octanol–water partition coefficient (Wildman–Crippen LogP) is 2.84. The highest BCUT2D eigenvalue weighted by atomic mass is 32.1. The molecule has 30 heavy (non-hydrogen) atoms. The van der Waals surface area contributed by atoms with Gasteiger partial charge in [-0.25, -0.2) is 4.98 Å². The number of carbonyl (C=O) groups excluding carboxylic acids is 2. The number of amides is 2. The number of thiazole rings is 1. The summed E-state index contributed by atoms with van der Waals surface area (Å²) in [6, 6.07) is 12.5. The highest BCUT2D eigenvalue weighted by Gasteiger charge is 2.14. The molecule has 0 aliphatic rings. The minimum absolute atomic E-state index is 0.123. The SMILES string of the molecule is COc1ccc(CC(=O)NNC(=O)c2csc(-c3ccc(OC)c(OC)c3)n2)cc1. The van der Waals surface area contributed by atoms with Crippen LogP contribution in [0.2, 0.25) is 0 Å². The van der Waals surface area contributed by atoms with Gasteiger partial charge in [-0.05, 0) is 35.9 Å². The molecule has 0 bridgehead atoms. The first kappa shape index (κ1) is 21.1. The second kappa shape index (κ2) is 9.75. The summed E-state index contributed by atoms with van der Waals surface area (Å²) in [5, 5.41) is 2.27. The molecule has 0 aliphatic heterocycles. The number of hydrogen-bond donors (Lipinski definition) is 2. The largest absolute Gasteiger partial charge is 0.497 e. The zero-order chi connectivity index (χ0) is 21.5. The van der Waals surface area contributed by atoms with Gasteiger partial charge in [-0.15, -0.1) is 11.3 Å². The Morgan fingerprint density at radius 3 is 2.33 bits per heavy atom. The lowest BCUT2D eigenvalue weighted by molar-refractivity contribution is -0.121. The van der Waals surface area contributed by atoms with Gasteiger partial charge in [0, 0.05) is 10.9 Å². The highest BCUT2D eigenvalue weighted by molar-refractivity contribution is 7.13. The van der Waals surface area contributed by atoms with Crippen molar-refractivity contribution in [2.24, 2.45) is 0 Å². The molecular weight excluding hydrogens is 406 g/mol. The van der Waals surface area contributed by atoms with E-state index >= 15 is 0 Å². The first-order valence-corrected chi connectivity index (χ1v) is 9.82. The molecule has 0 aliphatic carbocycles. The fourth-order valence-electron chi connectivity index (χ4n) is 2.64. The molecule has 1 aromatic heterocycles. The summed E-state index contributed by atoms with van der Waals surface area (Å²) in [4.78, 5) is 28.7. The standard InChI is InChI=1S/C21H21N3O5S/c1-27-15-7-4-13(5-8-15)10-19(25)23-24-20(26)16-12-30-21(22-16)14-6-9-17(28-2)18(11-14)29-3/h4-9,11-12H,10H2,1-3H3,(H,23,25)(H,24,26). The van der Waals surface area contributed by atoms with Crippen molar-refractivity contribution in [2.75, 3.05) is 21.3 Å². The number of aromatic nitrogens is 1. The second-order valence-corrected chi connectivity index (χ2v) is 6.99. The lowest BCUT2D eigenvalue weighted by Gasteiger charge is -2.08. The fourth-order valence-corrected chi connectivity index (χ4v) is 3.44. The van der Waals surface area contributed by atoms with E-state index in [1.165, 1.54) is 11.3 Å². The van der Waals surface area contributed by atoms with Crippen molar-refractivity contribution in [3.05, 3.63) is 59.1 Å². The first-order chi connectivity index (χ1) is 14.5. The molecule has 1 heterocycles. The van der Waals surface area contributed by atoms with Crippen LogP contribution in [0.5, 0.6) is 17.2 Å². The quantitative estimate of drug-likeness (QED) is 0.563. The Balaban J connectivity index is 1.59. The summed E-state index contributed by atoms with van der Waals surface area (Å²) >= 11 is 1.31. The molecule has 2 aromatic carbocycles. The van der Waals surface area contributed by atoms with Crippen molar-refractivity contribution < 1.29 is 23.8 Å². The number of nitrogens with one attached hydrogen (secondary N) is 2. The number of nitrogens with zero attached hydrogens (tertiary/aromatic N) is 1. The number of carbonyl (C=O) groups is 2. The molecule has 8 nitrogen and oxygen atoms in total. The Kier molecular flexibility index (Phi) is 6.87. The molecule has 2 amide bonds. The van der Waals surface area contributed by atoms with Gasteiger partial charge in [0.1, 0.15) is 16.5 Å². The van der Waals surface area contributed by atoms with Crippen molar-refractivity contribution in [3.8, 4) is 27.8 Å². The zero-order valence-corrected chi connectivity index (χ0v) is 17.5. The van der Waals surface area contributed by atoms with E-state index in [2.05, 4.69) is 15.8 Å². The van der Waals surface area contributed by atoms with Crippen LogP contribution in [0.25, 0.3) is 10.6 Å². The van der Waals surface area contributed by atoms with Crippen molar-refractivity contribution >= 4 is 23.2 Å². The van der Waals surface area contributed by atoms with Gasteiger partial charge in [-0.2, -0.15) is 0 Å². The topological polar surface area (TPSA) is 98.8 Å². The third kappa shape index (κ3) is 5.06. The van der Waals surface area contributed by atoms with E-state index in [0.717, 1.165) is 11.1 Å². The number of ether oxygens (including phenoxy) is 3. The average Bonchev–Trinajstić information content (AvgIpc) is 3.28. The van der Waals surface area contributed by atoms with Gasteiger partial charge in [0.2, 0.25) is 5.91 Å². The number of benzene rings is 2. The van der Waals surface area contributed by atoms with Crippen LogP contribution in [0.1, 0.15) is 16.1 Å². The number of hydrogen-bond acceptors (Lipinski definition) is 7. The van der Waals surface area contributed by atoms with Crippen LogP contribution >= 0.6 is 11.3 Å². The van der Waals surface area contributed by atoms with Gasteiger partial charge in [0.05, 0.1) is 27.8 Å². The molecule has 0 spiro atoms. The van der Waals surface area contributed by atoms with Crippen LogP contribution in [0.4, 0.5) is 0 Å². The van der Waals surface area contributed by atoms with Crippen LogP contribution in [-0.2, 0) is 11.2 Å². The Hall–Kier alpha value is -3.59. The lowest BCUT2D eigenvalue weighted by Crippen LogP contribution is -2.42. The van der Waals surface area contributed by atoms with Crippen LogP contribution in [0.15, 0.2) is 47.8 Å². The van der Waals surface area contributed by atoms with Crippen LogP contribution in [0.3, 0.4) is 0 Å². The molecule has 0 radical (unpaired) electrons. The highest BCUT2D eigenvalue weighted by Crippen LogP contribution is 2.33. The van der Waals surface area contributed by atoms with Gasteiger partial charge in [0.25, 0.3) is 5.91 Å². The van der Waals surface area contributed by atoms with E-state index in [1.54, 1.807) is 63.1 Å². The average molecular weight is 427 g/mol. The molecule has 0 fully saturated rings. The summed E-state index contributed by atoms with van der Waals surface area (Å²) < 4.78 is 15.6. The van der Waals surface area contributed by atoms with E-state index in [-0.39, 0.29) is 18.0 Å². The maximum atomic E-state index is 12.3. The fraction of sp³-hybridized carbons (Fsp3) is 0.190. The molecule has 0 atom stereocenters. The molecule has 156 valence electrons. The Morgan fingerprint density at radius 2 is 1.67 bits per heavy atom. The molecule has 0 saturated heterocycles. The minimum Gasteiger partial charge on any atom is -0.497 e. The summed E-state index contributed by atoms with van der Waals surface area (Å²) in [6.07, 6.45) is 0.123. The van der Waals surface area contributed by atoms with Crippen molar-refractivity contribution in [1.82, 2.24) is 15.8 Å². The summed E-state index contributed by atoms with van der Waals surface area (Å²) in [6.45, 7) is 0. The first-order valence-electron chi connectivity index (χ1n) is 8.94. The van der Waals surface area contributed by atoms with Crippen molar-refractivity contribution in [2.45, 2.75) is 6.42 Å². The molecule has 9 heteroatoms. The van der Waals surface area contributed by atoms with Crippen molar-refractivity contribution in [1.29, 1.82) is 0 Å². The number of rotatable bonds is 7. The molecular formula is C21H21N3O5S. The summed E-state index contributed by atoms with van der Waals surface area (Å²) in [7, 11) is 4.69. The summed E-state index contributed by atoms with van der Waals surface area (Å²) in [5.41, 5.74) is 6.58. The van der Waals surface area contributed by atoms with Crippen LogP contribution in [-0.4, -0.2) is 38.1 Å². The molecule has 2 N–H and O–H groups in total. The normalized spacial score (nSPS) is 10.2. The Labute approximate surface area is 177 Å². The van der Waals surface area contributed by atoms with Crippen molar-refractivity contribution in [3.63, 3.8) is 0 Å². The van der Waals surface area contributed by atoms with Gasteiger partial charge in [-0.1, -0.05) is 12.1 Å². The van der Waals surface area contributed by atoms with E-state index in [4.69, 9.17) is 14.2 Å². The second-order valence-electron chi connectivity index (χ2n) is 6.13. The third-order valence-electron chi connectivity index (χ3n) is 4.21. The summed E-state index contributed by atoms with van der Waals surface area (Å²) in [5.74, 6) is 1.04.